The van der Waals surface area contributed by atoms with E-state index in [1.807, 2.05) is 66.7 Å². The molecule has 0 aliphatic carbocycles. The van der Waals surface area contributed by atoms with Crippen molar-refractivity contribution < 1.29 is 28.7 Å². The van der Waals surface area contributed by atoms with E-state index in [1.165, 1.54) is 24.6 Å². The van der Waals surface area contributed by atoms with Crippen LogP contribution in [0.15, 0.2) is 91.3 Å². The molecule has 0 atom stereocenters. The number of hydrogen-bond acceptors (Lipinski definition) is 8. The van der Waals surface area contributed by atoms with E-state index in [2.05, 4.69) is 6.92 Å². The van der Waals surface area contributed by atoms with Crippen molar-refractivity contribution in [1.29, 1.82) is 0 Å². The Morgan fingerprint density at radius 3 is 2.05 bits per heavy atom. The molecule has 288 valence electrons. The number of rotatable bonds is 15. The van der Waals surface area contributed by atoms with Crippen LogP contribution in [-0.2, 0) is 17.7 Å². The highest BCUT2D eigenvalue weighted by Crippen LogP contribution is 2.44. The standard InChI is InChI=1S/C47H44N4O6/c1-4-5-6-7-8-12-24-51-45(53)35-22-20-32-40-38(35)36(46(51)54)26-48-42(40)33-19-21-34(39-37(47(55)57-3)27-49-43(32)41(33)39)44(52)50(25-23-29-13-10-9-11-14-29)28-30-15-17-31(56-2)18-16-30/h9-11,13-22,26-27H,4-8,12,23-25,28H2,1-3H3. The van der Waals surface area contributed by atoms with E-state index >= 15 is 0 Å². The molecule has 3 amide bonds. The minimum absolute atomic E-state index is 0.152. The molecule has 0 N–H and O–H groups in total. The highest BCUT2D eigenvalue weighted by molar-refractivity contribution is 6.38. The lowest BCUT2D eigenvalue weighted by Gasteiger charge is -2.28. The van der Waals surface area contributed by atoms with Crippen LogP contribution in [0.3, 0.4) is 0 Å². The minimum Gasteiger partial charge on any atom is -0.497 e. The quantitative estimate of drug-likeness (QED) is 0.0334. The van der Waals surface area contributed by atoms with Gasteiger partial charge in [-0.1, -0.05) is 93.6 Å². The molecule has 0 bridgehead atoms. The fourth-order valence-corrected chi connectivity index (χ4v) is 8.28. The van der Waals surface area contributed by atoms with E-state index in [0.29, 0.717) is 91.8 Å². The zero-order valence-corrected chi connectivity index (χ0v) is 32.5. The molecule has 7 aromatic rings. The maximum Gasteiger partial charge on any atom is 0.340 e. The van der Waals surface area contributed by atoms with Crippen molar-refractivity contribution in [3.05, 3.63) is 125 Å². The summed E-state index contributed by atoms with van der Waals surface area (Å²) < 4.78 is 10.6. The van der Waals surface area contributed by atoms with Crippen molar-refractivity contribution in [3.63, 3.8) is 0 Å². The Morgan fingerprint density at radius 2 is 1.33 bits per heavy atom. The molecule has 0 unspecified atom stereocenters. The summed E-state index contributed by atoms with van der Waals surface area (Å²) in [5.74, 6) is -0.843. The third-order valence-corrected chi connectivity index (χ3v) is 11.2. The molecule has 0 radical (unpaired) electrons. The van der Waals surface area contributed by atoms with Gasteiger partial charge in [-0.25, -0.2) is 4.79 Å². The minimum atomic E-state index is -0.628. The van der Waals surface area contributed by atoms with Crippen LogP contribution in [0.25, 0.3) is 43.4 Å². The van der Waals surface area contributed by atoms with E-state index in [9.17, 15) is 19.2 Å². The van der Waals surface area contributed by atoms with Crippen LogP contribution in [0, 0.1) is 0 Å². The molecule has 0 saturated carbocycles. The first-order valence-electron chi connectivity index (χ1n) is 19.7. The number of carbonyl (C=O) groups excluding carboxylic acids is 4. The second-order valence-corrected chi connectivity index (χ2v) is 14.7. The molecule has 1 aliphatic rings. The summed E-state index contributed by atoms with van der Waals surface area (Å²) in [4.78, 5) is 69.2. The first-order chi connectivity index (χ1) is 27.8. The number of ether oxygens (including phenoxy) is 2. The van der Waals surface area contributed by atoms with Gasteiger partial charge in [0.05, 0.1) is 36.4 Å². The van der Waals surface area contributed by atoms with Gasteiger partial charge in [-0.15, -0.1) is 0 Å². The number of methoxy groups -OCH3 is 2. The van der Waals surface area contributed by atoms with Crippen LogP contribution in [0.5, 0.6) is 5.75 Å². The van der Waals surface area contributed by atoms with Gasteiger partial charge in [-0.3, -0.25) is 29.3 Å². The summed E-state index contributed by atoms with van der Waals surface area (Å²) in [5, 5.41) is 3.51. The number of carbonyl (C=O) groups is 4. The Bertz CT molecular complexity index is 2590. The lowest BCUT2D eigenvalue weighted by atomic mass is 9.87. The van der Waals surface area contributed by atoms with Crippen LogP contribution in [0.4, 0.5) is 0 Å². The summed E-state index contributed by atoms with van der Waals surface area (Å²) >= 11 is 0. The van der Waals surface area contributed by atoms with Crippen LogP contribution < -0.4 is 4.74 Å². The first-order valence-corrected chi connectivity index (χ1v) is 19.7. The number of benzene rings is 5. The maximum absolute atomic E-state index is 14.9. The molecule has 8 rings (SSSR count). The maximum atomic E-state index is 14.9. The summed E-state index contributed by atoms with van der Waals surface area (Å²) in [6.07, 6.45) is 9.87. The second kappa shape index (κ2) is 16.0. The van der Waals surface area contributed by atoms with Crippen molar-refractivity contribution in [2.75, 3.05) is 27.3 Å². The first kappa shape index (κ1) is 37.5. The van der Waals surface area contributed by atoms with Gasteiger partial charge in [-0.2, -0.15) is 0 Å². The van der Waals surface area contributed by atoms with Gasteiger partial charge in [0.2, 0.25) is 0 Å². The molecule has 0 fully saturated rings. The molecule has 57 heavy (non-hydrogen) atoms. The number of aromatic nitrogens is 2. The number of pyridine rings is 2. The Balaban J connectivity index is 1.25. The number of imide groups is 1. The van der Waals surface area contributed by atoms with E-state index in [4.69, 9.17) is 19.4 Å². The zero-order valence-electron chi connectivity index (χ0n) is 32.5. The summed E-state index contributed by atoms with van der Waals surface area (Å²) in [6, 6.07) is 24.8. The van der Waals surface area contributed by atoms with Gasteiger partial charge in [-0.05, 0) is 48.2 Å². The van der Waals surface area contributed by atoms with Gasteiger partial charge in [0.25, 0.3) is 17.7 Å². The second-order valence-electron chi connectivity index (χ2n) is 14.7. The summed E-state index contributed by atoms with van der Waals surface area (Å²) in [7, 11) is 2.92. The molecule has 10 heteroatoms. The molecule has 0 spiro atoms. The van der Waals surface area contributed by atoms with Crippen molar-refractivity contribution in [1.82, 2.24) is 19.8 Å². The Hall–Kier alpha value is -6.42. The largest absolute Gasteiger partial charge is 0.497 e. The van der Waals surface area contributed by atoms with E-state index in [-0.39, 0.29) is 23.3 Å². The number of esters is 1. The van der Waals surface area contributed by atoms with Gasteiger partial charge < -0.3 is 14.4 Å². The van der Waals surface area contributed by atoms with Crippen LogP contribution in [0.2, 0.25) is 0 Å². The monoisotopic (exact) mass is 760 g/mol. The average Bonchev–Trinajstić information content (AvgIpc) is 3.25. The number of fused-ring (bicyclic) bond motifs is 2. The molecular weight excluding hydrogens is 717 g/mol. The summed E-state index contributed by atoms with van der Waals surface area (Å²) in [6.45, 7) is 3.26. The topological polar surface area (TPSA) is 119 Å². The molecule has 0 saturated heterocycles. The van der Waals surface area contributed by atoms with E-state index < -0.39 is 5.97 Å². The van der Waals surface area contributed by atoms with Crippen molar-refractivity contribution in [3.8, 4) is 5.75 Å². The molecule has 5 aromatic carbocycles. The molecule has 1 aliphatic heterocycles. The zero-order chi connectivity index (χ0) is 39.6. The molecular formula is C47H44N4O6. The molecule has 2 aromatic heterocycles. The Morgan fingerprint density at radius 1 is 0.667 bits per heavy atom. The number of amides is 3. The van der Waals surface area contributed by atoms with Gasteiger partial charge in [0.15, 0.2) is 0 Å². The Labute approximate surface area is 330 Å². The molecule has 3 heterocycles. The third kappa shape index (κ3) is 6.79. The fraction of sp³-hybridized carbons (Fsp3) is 0.277. The Kier molecular flexibility index (Phi) is 10.5. The lowest BCUT2D eigenvalue weighted by molar-refractivity contribution is 0.0592. The van der Waals surface area contributed by atoms with E-state index in [0.717, 1.165) is 43.2 Å². The lowest BCUT2D eigenvalue weighted by Crippen LogP contribution is -2.41. The SMILES string of the molecule is CCCCCCCCN1C(=O)c2ccc3c4ncc(C(=O)OC)c5c(C(=O)N(CCc6ccccc6)Cc6ccc(OC)cc6)ccc(c6ncc(c2c36)C1=O)c54. The third-order valence-electron chi connectivity index (χ3n) is 11.2. The normalized spacial score (nSPS) is 12.6. The fourth-order valence-electron chi connectivity index (χ4n) is 8.28. The highest BCUT2D eigenvalue weighted by atomic mass is 16.5. The van der Waals surface area contributed by atoms with Crippen LogP contribution >= 0.6 is 0 Å². The predicted octanol–water partition coefficient (Wildman–Crippen LogP) is 9.16. The number of hydrogen-bond donors (Lipinski definition) is 0. The summed E-state index contributed by atoms with van der Waals surface area (Å²) in [5.41, 5.74) is 4.39. The smallest absolute Gasteiger partial charge is 0.340 e. The number of nitrogens with zero attached hydrogens (tertiary/aromatic N) is 4. The van der Waals surface area contributed by atoms with E-state index in [1.54, 1.807) is 30.3 Å². The molecule has 10 nitrogen and oxygen atoms in total. The highest BCUT2D eigenvalue weighted by Gasteiger charge is 2.35. The van der Waals surface area contributed by atoms with Crippen molar-refractivity contribution in [2.45, 2.75) is 58.4 Å². The number of unbranched alkanes of at least 4 members (excludes halogenated alkanes) is 5. The van der Waals surface area contributed by atoms with Crippen LogP contribution in [0.1, 0.15) is 98.0 Å². The average molecular weight is 761 g/mol. The van der Waals surface area contributed by atoms with Crippen molar-refractivity contribution >= 4 is 67.0 Å². The van der Waals surface area contributed by atoms with Crippen LogP contribution in [-0.4, -0.2) is 70.8 Å². The predicted molar refractivity (Wildman–Crippen MR) is 221 cm³/mol. The van der Waals surface area contributed by atoms with Crippen molar-refractivity contribution in [2.24, 2.45) is 0 Å². The van der Waals surface area contributed by atoms with Gasteiger partial charge >= 0.3 is 5.97 Å². The van der Waals surface area contributed by atoms with Gasteiger partial charge in [0, 0.05) is 75.5 Å². The van der Waals surface area contributed by atoms with Gasteiger partial charge in [0.1, 0.15) is 5.75 Å².